The highest BCUT2D eigenvalue weighted by Gasteiger charge is 2.35. The van der Waals surface area contributed by atoms with Gasteiger partial charge in [-0.3, -0.25) is 9.69 Å². The van der Waals surface area contributed by atoms with Crippen LogP contribution in [-0.2, 0) is 4.79 Å². The summed E-state index contributed by atoms with van der Waals surface area (Å²) in [5.41, 5.74) is 2.21. The zero-order valence-electron chi connectivity index (χ0n) is 17.1. The Labute approximate surface area is 205 Å². The Hall–Kier alpha value is -3.25. The Balaban J connectivity index is 1.51. The van der Waals surface area contributed by atoms with E-state index in [0.29, 0.717) is 37.2 Å². The summed E-state index contributed by atoms with van der Waals surface area (Å²) in [6.45, 7) is 0. The zero-order valence-corrected chi connectivity index (χ0v) is 19.4. The van der Waals surface area contributed by atoms with Crippen molar-refractivity contribution in [2.45, 2.75) is 0 Å². The second-order valence-corrected chi connectivity index (χ2v) is 9.00. The van der Waals surface area contributed by atoms with Crippen molar-refractivity contribution < 1.29 is 9.21 Å². The molecule has 0 aliphatic carbocycles. The van der Waals surface area contributed by atoms with Crippen LogP contribution in [0.3, 0.4) is 0 Å². The molecule has 5 rings (SSSR count). The highest BCUT2D eigenvalue weighted by atomic mass is 35.5. The molecule has 162 valence electrons. The summed E-state index contributed by atoms with van der Waals surface area (Å²) >= 11 is 13.7. The fourth-order valence-corrected chi connectivity index (χ4v) is 4.72. The van der Waals surface area contributed by atoms with Gasteiger partial charge in [-0.25, -0.2) is 4.99 Å². The monoisotopic (exact) mass is 490 g/mol. The molecule has 1 fully saturated rings. The number of thioether (sulfide) groups is 1. The summed E-state index contributed by atoms with van der Waals surface area (Å²) in [6, 6.07) is 27.8. The molecule has 0 spiro atoms. The smallest absolute Gasteiger partial charge is 0.271 e. The molecular formula is C26H16Cl2N2O2S. The molecule has 33 heavy (non-hydrogen) atoms. The van der Waals surface area contributed by atoms with Crippen molar-refractivity contribution in [2.75, 3.05) is 4.90 Å². The van der Waals surface area contributed by atoms with Crippen LogP contribution in [0.2, 0.25) is 10.0 Å². The molecule has 0 atom stereocenters. The average molecular weight is 491 g/mol. The van der Waals surface area contributed by atoms with Crippen LogP contribution in [0.4, 0.5) is 11.4 Å². The van der Waals surface area contributed by atoms with Gasteiger partial charge in [-0.15, -0.1) is 0 Å². The van der Waals surface area contributed by atoms with Gasteiger partial charge in [0, 0.05) is 16.7 Å². The normalized spacial score (nSPS) is 16.2. The van der Waals surface area contributed by atoms with Gasteiger partial charge in [0.25, 0.3) is 5.91 Å². The van der Waals surface area contributed by atoms with Gasteiger partial charge in [0.2, 0.25) is 0 Å². The first kappa shape index (κ1) is 21.6. The van der Waals surface area contributed by atoms with Crippen molar-refractivity contribution in [3.8, 4) is 11.3 Å². The van der Waals surface area contributed by atoms with Crippen LogP contribution in [0.15, 0.2) is 105 Å². The van der Waals surface area contributed by atoms with Crippen LogP contribution in [0.1, 0.15) is 5.76 Å². The molecule has 0 bridgehead atoms. The second kappa shape index (κ2) is 9.32. The maximum Gasteiger partial charge on any atom is 0.271 e. The van der Waals surface area contributed by atoms with E-state index in [9.17, 15) is 4.79 Å². The number of nitrogens with zero attached hydrogens (tertiary/aromatic N) is 2. The number of halogens is 2. The topological polar surface area (TPSA) is 45.8 Å². The van der Waals surface area contributed by atoms with Gasteiger partial charge in [0.1, 0.15) is 11.5 Å². The van der Waals surface area contributed by atoms with Gasteiger partial charge in [0.15, 0.2) is 5.17 Å². The Kier molecular flexibility index (Phi) is 6.09. The van der Waals surface area contributed by atoms with Crippen LogP contribution in [0.25, 0.3) is 17.4 Å². The predicted octanol–water partition coefficient (Wildman–Crippen LogP) is 8.06. The largest absolute Gasteiger partial charge is 0.457 e. The quantitative estimate of drug-likeness (QED) is 0.271. The summed E-state index contributed by atoms with van der Waals surface area (Å²) in [4.78, 5) is 20.2. The Morgan fingerprint density at radius 1 is 0.879 bits per heavy atom. The fraction of sp³-hybridized carbons (Fsp3) is 0. The first-order valence-corrected chi connectivity index (χ1v) is 11.6. The zero-order chi connectivity index (χ0) is 22.8. The molecule has 4 nitrogen and oxygen atoms in total. The van der Waals surface area contributed by atoms with Crippen LogP contribution in [0.5, 0.6) is 0 Å². The van der Waals surface area contributed by atoms with E-state index in [0.717, 1.165) is 11.4 Å². The maximum atomic E-state index is 13.4. The number of carbonyl (C=O) groups excluding carboxylic acids is 1. The lowest BCUT2D eigenvalue weighted by atomic mass is 10.2. The number of para-hydroxylation sites is 2. The molecule has 2 heterocycles. The van der Waals surface area contributed by atoms with E-state index in [1.807, 2.05) is 66.7 Å². The van der Waals surface area contributed by atoms with Gasteiger partial charge >= 0.3 is 0 Å². The van der Waals surface area contributed by atoms with Crippen molar-refractivity contribution in [3.63, 3.8) is 0 Å². The van der Waals surface area contributed by atoms with E-state index in [4.69, 9.17) is 32.6 Å². The molecule has 0 N–H and O–H groups in total. The van der Waals surface area contributed by atoms with Gasteiger partial charge < -0.3 is 4.42 Å². The van der Waals surface area contributed by atoms with Gasteiger partial charge in [-0.05, 0) is 66.4 Å². The number of furan rings is 1. The molecule has 0 radical (unpaired) electrons. The fourth-order valence-electron chi connectivity index (χ4n) is 3.36. The van der Waals surface area contributed by atoms with E-state index in [2.05, 4.69) is 0 Å². The number of hydrogen-bond acceptors (Lipinski definition) is 4. The van der Waals surface area contributed by atoms with Crippen molar-refractivity contribution in [2.24, 2.45) is 4.99 Å². The third-order valence-electron chi connectivity index (χ3n) is 4.90. The van der Waals surface area contributed by atoms with E-state index in [-0.39, 0.29) is 5.91 Å². The minimum absolute atomic E-state index is 0.167. The lowest BCUT2D eigenvalue weighted by Crippen LogP contribution is -2.28. The first-order valence-electron chi connectivity index (χ1n) is 10.1. The van der Waals surface area contributed by atoms with Crippen molar-refractivity contribution >= 4 is 63.5 Å². The van der Waals surface area contributed by atoms with Crippen LogP contribution in [-0.4, -0.2) is 11.1 Å². The SMILES string of the molecule is O=C1/C(=C\c2ccc(-c3cc(Cl)ccc3Cl)o2)SC(=Nc2ccccc2)N1c1ccccc1. The molecule has 1 saturated heterocycles. The molecule has 3 aromatic carbocycles. The van der Waals surface area contributed by atoms with Crippen molar-refractivity contribution in [1.82, 2.24) is 0 Å². The average Bonchev–Trinajstić information content (AvgIpc) is 3.41. The first-order chi connectivity index (χ1) is 16.1. The molecule has 1 aromatic heterocycles. The number of carbonyl (C=O) groups is 1. The highest BCUT2D eigenvalue weighted by molar-refractivity contribution is 8.19. The second-order valence-electron chi connectivity index (χ2n) is 7.14. The number of anilines is 1. The summed E-state index contributed by atoms with van der Waals surface area (Å²) in [5.74, 6) is 0.938. The number of hydrogen-bond donors (Lipinski definition) is 0. The third kappa shape index (κ3) is 4.62. The van der Waals surface area contributed by atoms with E-state index < -0.39 is 0 Å². The number of benzene rings is 3. The van der Waals surface area contributed by atoms with E-state index >= 15 is 0 Å². The standard InChI is InChI=1S/C26H16Cl2N2O2S/c27-17-11-13-22(28)21(15-17)23-14-12-20(32-23)16-24-25(31)30(19-9-5-2-6-10-19)26(33-24)29-18-7-3-1-4-8-18/h1-16H/b24-16+,29-26?. The minimum Gasteiger partial charge on any atom is -0.457 e. The Morgan fingerprint density at radius 2 is 1.61 bits per heavy atom. The minimum atomic E-state index is -0.167. The van der Waals surface area contributed by atoms with Crippen LogP contribution >= 0.6 is 35.0 Å². The van der Waals surface area contributed by atoms with Gasteiger partial charge in [-0.2, -0.15) is 0 Å². The van der Waals surface area contributed by atoms with E-state index in [1.54, 1.807) is 35.2 Å². The Bertz CT molecular complexity index is 1380. The lowest BCUT2D eigenvalue weighted by molar-refractivity contribution is -0.113. The lowest BCUT2D eigenvalue weighted by Gasteiger charge is -2.15. The van der Waals surface area contributed by atoms with Crippen LogP contribution in [0, 0.1) is 0 Å². The highest BCUT2D eigenvalue weighted by Crippen LogP contribution is 2.38. The third-order valence-corrected chi connectivity index (χ3v) is 6.43. The summed E-state index contributed by atoms with van der Waals surface area (Å²) in [7, 11) is 0. The molecule has 1 amide bonds. The molecule has 4 aromatic rings. The number of rotatable bonds is 4. The Morgan fingerprint density at radius 3 is 2.36 bits per heavy atom. The predicted molar refractivity (Wildman–Crippen MR) is 137 cm³/mol. The van der Waals surface area contributed by atoms with Crippen LogP contribution < -0.4 is 4.90 Å². The number of aliphatic imine (C=N–C) groups is 1. The molecule has 0 unspecified atom stereocenters. The van der Waals surface area contributed by atoms with E-state index in [1.165, 1.54) is 11.8 Å². The van der Waals surface area contributed by atoms with Crippen molar-refractivity contribution in [3.05, 3.63) is 112 Å². The molecule has 7 heteroatoms. The van der Waals surface area contributed by atoms with Gasteiger partial charge in [0.05, 0.1) is 21.3 Å². The molecule has 1 aliphatic rings. The maximum absolute atomic E-state index is 13.4. The molecule has 0 saturated carbocycles. The van der Waals surface area contributed by atoms with Crippen molar-refractivity contribution in [1.29, 1.82) is 0 Å². The van der Waals surface area contributed by atoms with Gasteiger partial charge in [-0.1, -0.05) is 59.6 Å². The summed E-state index contributed by atoms with van der Waals surface area (Å²) in [5, 5.41) is 1.67. The summed E-state index contributed by atoms with van der Waals surface area (Å²) < 4.78 is 5.97. The number of amides is 1. The number of amidine groups is 1. The molecular weight excluding hydrogens is 475 g/mol. The summed E-state index contributed by atoms with van der Waals surface area (Å²) in [6.07, 6.45) is 1.72. The molecule has 1 aliphatic heterocycles.